The summed E-state index contributed by atoms with van der Waals surface area (Å²) in [7, 11) is 3.95. The van der Waals surface area contributed by atoms with E-state index in [4.69, 9.17) is 10.8 Å². The Balaban J connectivity index is 2.96. The number of aliphatic carboxylic acids is 1. The maximum atomic E-state index is 11.1. The number of phenolic OH excluding ortho intramolecular Hbond substituents is 1. The maximum Gasteiger partial charge on any atom is 0.312 e. The number of phenols is 1. The molecule has 0 saturated heterocycles. The predicted octanol–water partition coefficient (Wildman–Crippen LogP) is 0.623. The first-order valence-corrected chi connectivity index (χ1v) is 5.85. The minimum atomic E-state index is -1.02. The van der Waals surface area contributed by atoms with Crippen molar-refractivity contribution in [1.29, 1.82) is 0 Å². The maximum absolute atomic E-state index is 11.1. The van der Waals surface area contributed by atoms with Gasteiger partial charge in [-0.3, -0.25) is 4.79 Å². The molecule has 0 bridgehead atoms. The van der Waals surface area contributed by atoms with Crippen LogP contribution in [0.1, 0.15) is 17.0 Å². The largest absolute Gasteiger partial charge is 0.508 e. The lowest BCUT2D eigenvalue weighted by atomic mass is 9.95. The quantitative estimate of drug-likeness (QED) is 0.691. The topological polar surface area (TPSA) is 86.8 Å². The van der Waals surface area contributed by atoms with Gasteiger partial charge in [0.15, 0.2) is 0 Å². The summed E-state index contributed by atoms with van der Waals surface area (Å²) in [5, 5.41) is 18.8. The molecule has 0 heterocycles. The number of hydrogen-bond donors (Lipinski definition) is 3. The van der Waals surface area contributed by atoms with Crippen molar-refractivity contribution in [2.45, 2.75) is 12.3 Å². The molecule has 4 N–H and O–H groups in total. The zero-order valence-corrected chi connectivity index (χ0v) is 10.8. The van der Waals surface area contributed by atoms with Crippen LogP contribution in [0.2, 0.25) is 0 Å². The van der Waals surface area contributed by atoms with Crippen LogP contribution in [0.3, 0.4) is 0 Å². The average Bonchev–Trinajstić information content (AvgIpc) is 2.30. The van der Waals surface area contributed by atoms with Crippen LogP contribution in [-0.2, 0) is 11.2 Å². The fraction of sp³-hybridized carbons (Fsp3) is 0.462. The molecule has 1 rings (SSSR count). The van der Waals surface area contributed by atoms with Crippen molar-refractivity contribution in [3.05, 3.63) is 29.3 Å². The van der Waals surface area contributed by atoms with Crippen LogP contribution >= 0.6 is 0 Å². The van der Waals surface area contributed by atoms with E-state index in [0.717, 1.165) is 18.5 Å². The SMILES string of the molecule is CN(C)CCc1ccc(O)c(C(CN)C(=O)O)c1. The van der Waals surface area contributed by atoms with Gasteiger partial charge in [-0.2, -0.15) is 0 Å². The third-order valence-corrected chi connectivity index (χ3v) is 2.85. The Morgan fingerprint density at radius 3 is 2.61 bits per heavy atom. The number of benzene rings is 1. The summed E-state index contributed by atoms with van der Waals surface area (Å²) in [6.07, 6.45) is 0.803. The molecule has 5 heteroatoms. The Bertz CT molecular complexity index is 419. The standard InChI is InChI=1S/C13H20N2O3/c1-15(2)6-5-9-3-4-12(16)10(7-9)11(8-14)13(17)18/h3-4,7,11,16H,5-6,8,14H2,1-2H3,(H,17,18). The van der Waals surface area contributed by atoms with Crippen LogP contribution in [0.5, 0.6) is 5.75 Å². The number of rotatable bonds is 6. The third kappa shape index (κ3) is 3.72. The zero-order valence-electron chi connectivity index (χ0n) is 10.8. The summed E-state index contributed by atoms with van der Waals surface area (Å²) in [4.78, 5) is 13.1. The van der Waals surface area contributed by atoms with Gasteiger partial charge < -0.3 is 20.8 Å². The predicted molar refractivity (Wildman–Crippen MR) is 69.8 cm³/mol. The lowest BCUT2D eigenvalue weighted by Gasteiger charge is -2.15. The summed E-state index contributed by atoms with van der Waals surface area (Å²) in [5.74, 6) is -1.89. The van der Waals surface area contributed by atoms with E-state index in [9.17, 15) is 9.90 Å². The molecule has 18 heavy (non-hydrogen) atoms. The van der Waals surface area contributed by atoms with Crippen LogP contribution in [-0.4, -0.2) is 48.3 Å². The van der Waals surface area contributed by atoms with Gasteiger partial charge >= 0.3 is 5.97 Å². The van der Waals surface area contributed by atoms with Crippen molar-refractivity contribution < 1.29 is 15.0 Å². The van der Waals surface area contributed by atoms with Gasteiger partial charge in [0.1, 0.15) is 5.75 Å². The van der Waals surface area contributed by atoms with E-state index in [-0.39, 0.29) is 12.3 Å². The first kappa shape index (κ1) is 14.5. The fourth-order valence-corrected chi connectivity index (χ4v) is 1.75. The van der Waals surface area contributed by atoms with E-state index in [2.05, 4.69) is 0 Å². The number of nitrogens with two attached hydrogens (primary N) is 1. The van der Waals surface area contributed by atoms with Gasteiger partial charge in [0.2, 0.25) is 0 Å². The summed E-state index contributed by atoms with van der Waals surface area (Å²) < 4.78 is 0. The highest BCUT2D eigenvalue weighted by molar-refractivity contribution is 5.77. The molecule has 1 aromatic carbocycles. The molecule has 1 unspecified atom stereocenters. The molecule has 0 aliphatic heterocycles. The monoisotopic (exact) mass is 252 g/mol. The molecule has 0 radical (unpaired) electrons. The van der Waals surface area contributed by atoms with E-state index in [1.807, 2.05) is 19.0 Å². The highest BCUT2D eigenvalue weighted by Crippen LogP contribution is 2.26. The van der Waals surface area contributed by atoms with Crippen LogP contribution in [0.15, 0.2) is 18.2 Å². The molecule has 0 amide bonds. The summed E-state index contributed by atoms with van der Waals surface area (Å²) >= 11 is 0. The molecule has 0 spiro atoms. The number of likely N-dealkylation sites (N-methyl/N-ethyl adjacent to an activating group) is 1. The molecule has 100 valence electrons. The van der Waals surface area contributed by atoms with Crippen molar-refractivity contribution in [2.24, 2.45) is 5.73 Å². The molecule has 5 nitrogen and oxygen atoms in total. The number of carboxylic acids is 1. The Hall–Kier alpha value is -1.59. The van der Waals surface area contributed by atoms with Crippen LogP contribution in [0.4, 0.5) is 0 Å². The van der Waals surface area contributed by atoms with E-state index in [1.54, 1.807) is 12.1 Å². The van der Waals surface area contributed by atoms with Crippen molar-refractivity contribution in [2.75, 3.05) is 27.2 Å². The van der Waals surface area contributed by atoms with Gasteiger partial charge in [0.05, 0.1) is 5.92 Å². The lowest BCUT2D eigenvalue weighted by Crippen LogP contribution is -2.21. The molecule has 0 aliphatic carbocycles. The van der Waals surface area contributed by atoms with E-state index in [1.165, 1.54) is 6.07 Å². The zero-order chi connectivity index (χ0) is 13.7. The molecular weight excluding hydrogens is 232 g/mol. The second-order valence-electron chi connectivity index (χ2n) is 4.57. The summed E-state index contributed by atoms with van der Waals surface area (Å²) in [6, 6.07) is 5.06. The number of hydrogen-bond acceptors (Lipinski definition) is 4. The van der Waals surface area contributed by atoms with Gasteiger partial charge in [0, 0.05) is 18.7 Å². The lowest BCUT2D eigenvalue weighted by molar-refractivity contribution is -0.138. The molecular formula is C13H20N2O3. The number of carboxylic acid groups (broad SMARTS) is 1. The Morgan fingerprint density at radius 2 is 2.11 bits per heavy atom. The molecule has 0 aliphatic rings. The van der Waals surface area contributed by atoms with Crippen molar-refractivity contribution in [3.63, 3.8) is 0 Å². The first-order valence-electron chi connectivity index (χ1n) is 5.85. The van der Waals surface area contributed by atoms with Crippen LogP contribution in [0, 0.1) is 0 Å². The molecule has 1 aromatic rings. The highest BCUT2D eigenvalue weighted by Gasteiger charge is 2.21. The second kappa shape index (κ2) is 6.37. The summed E-state index contributed by atoms with van der Waals surface area (Å²) in [6.45, 7) is 0.838. The second-order valence-corrected chi connectivity index (χ2v) is 4.57. The van der Waals surface area contributed by atoms with Crippen molar-refractivity contribution >= 4 is 5.97 Å². The van der Waals surface area contributed by atoms with Crippen LogP contribution in [0.25, 0.3) is 0 Å². The Morgan fingerprint density at radius 1 is 1.44 bits per heavy atom. The number of carbonyl (C=O) groups is 1. The van der Waals surface area contributed by atoms with E-state index >= 15 is 0 Å². The molecule has 0 fully saturated rings. The van der Waals surface area contributed by atoms with Crippen LogP contribution < -0.4 is 5.73 Å². The van der Waals surface area contributed by atoms with Crippen molar-refractivity contribution in [1.82, 2.24) is 4.90 Å². The highest BCUT2D eigenvalue weighted by atomic mass is 16.4. The van der Waals surface area contributed by atoms with E-state index in [0.29, 0.717) is 5.56 Å². The molecule has 0 saturated carbocycles. The minimum absolute atomic E-state index is 0.0125. The first-order chi connectivity index (χ1) is 8.45. The van der Waals surface area contributed by atoms with Crippen molar-refractivity contribution in [3.8, 4) is 5.75 Å². The average molecular weight is 252 g/mol. The smallest absolute Gasteiger partial charge is 0.312 e. The minimum Gasteiger partial charge on any atom is -0.508 e. The molecule has 0 aromatic heterocycles. The number of nitrogens with zero attached hydrogens (tertiary/aromatic N) is 1. The van der Waals surface area contributed by atoms with Gasteiger partial charge in [-0.1, -0.05) is 12.1 Å². The van der Waals surface area contributed by atoms with E-state index < -0.39 is 11.9 Å². The summed E-state index contributed by atoms with van der Waals surface area (Å²) in [5.41, 5.74) is 6.83. The number of aromatic hydroxyl groups is 1. The third-order valence-electron chi connectivity index (χ3n) is 2.85. The Labute approximate surface area is 107 Å². The van der Waals surface area contributed by atoms with Gasteiger partial charge in [-0.15, -0.1) is 0 Å². The van der Waals surface area contributed by atoms with Gasteiger partial charge in [-0.05, 0) is 32.1 Å². The molecule has 1 atom stereocenters. The van der Waals surface area contributed by atoms with Gasteiger partial charge in [-0.25, -0.2) is 0 Å². The van der Waals surface area contributed by atoms with Gasteiger partial charge in [0.25, 0.3) is 0 Å². The fourth-order valence-electron chi connectivity index (χ4n) is 1.75. The normalized spacial score (nSPS) is 12.7. The Kier molecular flexibility index (Phi) is 5.12.